The summed E-state index contributed by atoms with van der Waals surface area (Å²) in [6.45, 7) is 4.14. The molecule has 2 aromatic heterocycles. The summed E-state index contributed by atoms with van der Waals surface area (Å²) < 4.78 is 37.9. The number of aliphatic imine (C=N–C) groups is 1. The molecule has 3 heterocycles. The number of guanidine groups is 1. The minimum atomic E-state index is -4.40. The van der Waals surface area contributed by atoms with E-state index in [4.69, 9.17) is 0 Å². The van der Waals surface area contributed by atoms with Crippen LogP contribution in [0.5, 0.6) is 0 Å². The minimum Gasteiger partial charge on any atom is -0.356 e. The Morgan fingerprint density at radius 1 is 1.34 bits per heavy atom. The number of thiazole rings is 1. The number of likely N-dealkylation sites (tertiary alicyclic amines) is 1. The van der Waals surface area contributed by atoms with Gasteiger partial charge in [0.2, 0.25) is 0 Å². The van der Waals surface area contributed by atoms with Gasteiger partial charge in [-0.1, -0.05) is 6.07 Å². The molecule has 0 amide bonds. The summed E-state index contributed by atoms with van der Waals surface area (Å²) in [5.41, 5.74) is -0.842. The number of hydrogen-bond donors (Lipinski definition) is 2. The lowest BCUT2D eigenvalue weighted by molar-refractivity contribution is -0.140. The number of rotatable bonds is 6. The van der Waals surface area contributed by atoms with Gasteiger partial charge in [-0.15, -0.1) is 46.7 Å². The highest BCUT2D eigenvalue weighted by atomic mass is 127. The van der Waals surface area contributed by atoms with Crippen molar-refractivity contribution < 1.29 is 13.2 Å². The van der Waals surface area contributed by atoms with Crippen molar-refractivity contribution >= 4 is 52.6 Å². The van der Waals surface area contributed by atoms with Crippen molar-refractivity contribution in [1.82, 2.24) is 20.5 Å². The summed E-state index contributed by atoms with van der Waals surface area (Å²) in [4.78, 5) is 11.6. The van der Waals surface area contributed by atoms with Crippen molar-refractivity contribution in [2.75, 3.05) is 26.7 Å². The van der Waals surface area contributed by atoms with Gasteiger partial charge in [-0.3, -0.25) is 9.89 Å². The molecule has 1 atom stereocenters. The third-order valence-electron chi connectivity index (χ3n) is 4.59. The molecule has 0 radical (unpaired) electrons. The van der Waals surface area contributed by atoms with Crippen molar-refractivity contribution in [3.8, 4) is 0 Å². The Morgan fingerprint density at radius 3 is 2.83 bits per heavy atom. The van der Waals surface area contributed by atoms with Crippen LogP contribution in [0.2, 0.25) is 0 Å². The quantitative estimate of drug-likeness (QED) is 0.313. The van der Waals surface area contributed by atoms with E-state index in [-0.39, 0.29) is 30.5 Å². The van der Waals surface area contributed by atoms with Gasteiger partial charge in [-0.2, -0.15) is 13.2 Å². The normalized spacial score (nSPS) is 18.3. The fourth-order valence-corrected chi connectivity index (χ4v) is 4.71. The Kier molecular flexibility index (Phi) is 9.63. The molecule has 0 aromatic carbocycles. The predicted octanol–water partition coefficient (Wildman–Crippen LogP) is 4.42. The Morgan fingerprint density at radius 2 is 2.17 bits per heavy atom. The summed E-state index contributed by atoms with van der Waals surface area (Å²) in [7, 11) is 1.66. The average molecular weight is 559 g/mol. The highest BCUT2D eigenvalue weighted by Crippen LogP contribution is 2.29. The van der Waals surface area contributed by atoms with Crippen molar-refractivity contribution in [3.63, 3.8) is 0 Å². The second-order valence-electron chi connectivity index (χ2n) is 6.75. The number of piperidine rings is 1. The molecule has 0 aliphatic carbocycles. The van der Waals surface area contributed by atoms with Gasteiger partial charge in [0, 0.05) is 36.9 Å². The van der Waals surface area contributed by atoms with E-state index in [1.165, 1.54) is 11.3 Å². The van der Waals surface area contributed by atoms with E-state index in [2.05, 4.69) is 43.0 Å². The summed E-state index contributed by atoms with van der Waals surface area (Å²) in [6, 6.07) is 4.25. The van der Waals surface area contributed by atoms with Crippen molar-refractivity contribution in [2.45, 2.75) is 32.1 Å². The molecule has 29 heavy (non-hydrogen) atoms. The monoisotopic (exact) mass is 559 g/mol. The zero-order valence-corrected chi connectivity index (χ0v) is 20.0. The van der Waals surface area contributed by atoms with E-state index in [1.807, 2.05) is 0 Å². The van der Waals surface area contributed by atoms with Crippen molar-refractivity contribution in [3.05, 3.63) is 38.5 Å². The van der Waals surface area contributed by atoms with Gasteiger partial charge in [0.15, 0.2) is 11.7 Å². The molecule has 0 spiro atoms. The first-order chi connectivity index (χ1) is 13.4. The van der Waals surface area contributed by atoms with Crippen LogP contribution >= 0.6 is 46.7 Å². The molecule has 162 valence electrons. The summed E-state index contributed by atoms with van der Waals surface area (Å²) in [5, 5.41) is 9.87. The molecular weight excluding hydrogens is 534 g/mol. The summed E-state index contributed by atoms with van der Waals surface area (Å²) in [5.74, 6) is 1.10. The van der Waals surface area contributed by atoms with E-state index in [1.54, 1.807) is 18.4 Å². The third kappa shape index (κ3) is 7.68. The SMILES string of the molecule is CN=C(NCc1nc(C(F)(F)F)cs1)NCC1CCCN(Cc2cccs2)C1.I. The molecule has 1 aliphatic heterocycles. The number of halogens is 4. The fraction of sp³-hybridized carbons (Fsp3) is 0.556. The van der Waals surface area contributed by atoms with E-state index in [9.17, 15) is 13.2 Å². The number of thiophene rings is 1. The second kappa shape index (κ2) is 11.5. The van der Waals surface area contributed by atoms with Gasteiger partial charge in [-0.25, -0.2) is 4.98 Å². The average Bonchev–Trinajstić information content (AvgIpc) is 3.34. The third-order valence-corrected chi connectivity index (χ3v) is 6.30. The Bertz CT molecular complexity index is 764. The van der Waals surface area contributed by atoms with Crippen molar-refractivity contribution in [1.29, 1.82) is 0 Å². The molecule has 0 saturated carbocycles. The predicted molar refractivity (Wildman–Crippen MR) is 123 cm³/mol. The molecule has 1 saturated heterocycles. The Balaban J connectivity index is 0.00000300. The standard InChI is InChI=1S/C18H24F3N5S2.HI/c1-22-17(24-9-16-25-15(12-28-16)18(19,20)21)23-8-13-4-2-6-26(10-13)11-14-5-3-7-27-14;/h3,5,7,12-13H,2,4,6,8-11H2,1H3,(H2,22,23,24);1H. The zero-order chi connectivity index (χ0) is 20.0. The van der Waals surface area contributed by atoms with Gasteiger partial charge in [0.25, 0.3) is 0 Å². The van der Waals surface area contributed by atoms with Crippen LogP contribution in [0.15, 0.2) is 27.9 Å². The van der Waals surface area contributed by atoms with Crippen LogP contribution in [0.25, 0.3) is 0 Å². The molecule has 1 fully saturated rings. The lowest BCUT2D eigenvalue weighted by Gasteiger charge is -2.32. The maximum Gasteiger partial charge on any atom is 0.434 e. The molecule has 1 aliphatic rings. The van der Waals surface area contributed by atoms with Gasteiger partial charge in [0.1, 0.15) is 5.01 Å². The Labute approximate surface area is 193 Å². The molecule has 1 unspecified atom stereocenters. The molecule has 2 aromatic rings. The first kappa shape index (κ1) is 24.4. The molecular formula is C18H25F3IN5S2. The molecule has 5 nitrogen and oxygen atoms in total. The summed E-state index contributed by atoms with van der Waals surface area (Å²) >= 11 is 2.78. The van der Waals surface area contributed by atoms with E-state index in [0.717, 1.165) is 49.3 Å². The zero-order valence-electron chi connectivity index (χ0n) is 16.0. The van der Waals surface area contributed by atoms with Gasteiger partial charge in [-0.05, 0) is 36.8 Å². The second-order valence-corrected chi connectivity index (χ2v) is 8.73. The van der Waals surface area contributed by atoms with E-state index in [0.29, 0.717) is 16.9 Å². The largest absolute Gasteiger partial charge is 0.434 e. The summed E-state index contributed by atoms with van der Waals surface area (Å²) in [6.07, 6.45) is -2.07. The number of alkyl halides is 3. The first-order valence-corrected chi connectivity index (χ1v) is 10.9. The van der Waals surface area contributed by atoms with E-state index < -0.39 is 11.9 Å². The highest BCUT2D eigenvalue weighted by Gasteiger charge is 2.33. The van der Waals surface area contributed by atoms with Crippen LogP contribution in [0.1, 0.15) is 28.4 Å². The maximum absolute atomic E-state index is 12.6. The van der Waals surface area contributed by atoms with Gasteiger partial charge >= 0.3 is 6.18 Å². The van der Waals surface area contributed by atoms with Crippen molar-refractivity contribution in [2.24, 2.45) is 10.9 Å². The van der Waals surface area contributed by atoms with Crippen LogP contribution in [0.4, 0.5) is 13.2 Å². The lowest BCUT2D eigenvalue weighted by atomic mass is 9.98. The maximum atomic E-state index is 12.6. The molecule has 0 bridgehead atoms. The van der Waals surface area contributed by atoms with Crippen LogP contribution in [-0.2, 0) is 19.3 Å². The van der Waals surface area contributed by atoms with Crippen LogP contribution in [0, 0.1) is 5.92 Å². The Hall–Kier alpha value is -0.920. The lowest BCUT2D eigenvalue weighted by Crippen LogP contribution is -2.44. The van der Waals surface area contributed by atoms with Crippen LogP contribution < -0.4 is 10.6 Å². The number of nitrogens with one attached hydrogen (secondary N) is 2. The number of hydrogen-bond acceptors (Lipinski definition) is 5. The van der Waals surface area contributed by atoms with Crippen LogP contribution in [0.3, 0.4) is 0 Å². The number of aromatic nitrogens is 1. The molecule has 11 heteroatoms. The van der Waals surface area contributed by atoms with E-state index >= 15 is 0 Å². The minimum absolute atomic E-state index is 0. The first-order valence-electron chi connectivity index (χ1n) is 9.15. The molecule has 2 N–H and O–H groups in total. The molecule has 3 rings (SSSR count). The highest BCUT2D eigenvalue weighted by molar-refractivity contribution is 14.0. The van der Waals surface area contributed by atoms with Crippen LogP contribution in [-0.4, -0.2) is 42.5 Å². The van der Waals surface area contributed by atoms with Gasteiger partial charge < -0.3 is 10.6 Å². The number of nitrogens with zero attached hydrogens (tertiary/aromatic N) is 3. The smallest absolute Gasteiger partial charge is 0.356 e. The topological polar surface area (TPSA) is 52.6 Å². The fourth-order valence-electron chi connectivity index (χ4n) is 3.23. The van der Waals surface area contributed by atoms with Gasteiger partial charge in [0.05, 0.1) is 6.54 Å².